The zero-order valence-corrected chi connectivity index (χ0v) is 17.7. The number of halogens is 1. The third-order valence-corrected chi connectivity index (χ3v) is 6.57. The van der Waals surface area contributed by atoms with Crippen molar-refractivity contribution in [3.8, 4) is 11.8 Å². The molecule has 1 heterocycles. The molecule has 2 aromatic rings. The van der Waals surface area contributed by atoms with Crippen LogP contribution in [0.25, 0.3) is 0 Å². The molecule has 2 aromatic carbocycles. The van der Waals surface area contributed by atoms with Crippen LogP contribution >= 0.6 is 11.6 Å². The van der Waals surface area contributed by atoms with Gasteiger partial charge in [0.05, 0.1) is 16.7 Å². The number of nitrogens with zero attached hydrogens (tertiary/aromatic N) is 2. The SMILES string of the molecule is CC(C)c1ccc2c(c1)CN(C1CCC(Oc3ccc(C#N)c(Cl)c3)CC1)C2O. The molecule has 5 heteroatoms. The van der Waals surface area contributed by atoms with E-state index in [4.69, 9.17) is 21.6 Å². The van der Waals surface area contributed by atoms with Crippen LogP contribution in [-0.4, -0.2) is 22.2 Å². The highest BCUT2D eigenvalue weighted by atomic mass is 35.5. The van der Waals surface area contributed by atoms with E-state index in [1.165, 1.54) is 11.1 Å². The molecule has 1 aliphatic heterocycles. The Bertz CT molecular complexity index is 929. The molecule has 1 atom stereocenters. The highest BCUT2D eigenvalue weighted by Gasteiger charge is 2.36. The molecule has 0 bridgehead atoms. The van der Waals surface area contributed by atoms with Crippen LogP contribution in [0.3, 0.4) is 0 Å². The molecule has 1 unspecified atom stereocenters. The number of rotatable bonds is 4. The van der Waals surface area contributed by atoms with Gasteiger partial charge in [-0.1, -0.05) is 43.6 Å². The molecule has 152 valence electrons. The summed E-state index contributed by atoms with van der Waals surface area (Å²) in [7, 11) is 0. The Morgan fingerprint density at radius 1 is 1.14 bits per heavy atom. The summed E-state index contributed by atoms with van der Waals surface area (Å²) >= 11 is 6.11. The van der Waals surface area contributed by atoms with E-state index >= 15 is 0 Å². The van der Waals surface area contributed by atoms with Crippen LogP contribution in [0.2, 0.25) is 5.02 Å². The highest BCUT2D eigenvalue weighted by Crippen LogP contribution is 2.39. The number of nitriles is 1. The van der Waals surface area contributed by atoms with Crippen LogP contribution in [0.15, 0.2) is 36.4 Å². The standard InChI is InChI=1S/C24H27ClN2O2/c1-15(2)16-4-10-22-18(11-16)14-27(24(22)28)19-5-8-20(9-6-19)29-21-7-3-17(13-26)23(25)12-21/h3-4,7,10-12,15,19-20,24,28H,5-6,8-9,14H2,1-2H3. The van der Waals surface area contributed by atoms with E-state index in [1.807, 2.05) is 6.07 Å². The first-order valence-corrected chi connectivity index (χ1v) is 10.8. The summed E-state index contributed by atoms with van der Waals surface area (Å²) < 4.78 is 6.10. The van der Waals surface area contributed by atoms with Crippen LogP contribution in [-0.2, 0) is 6.54 Å². The van der Waals surface area contributed by atoms with Crippen molar-refractivity contribution in [1.29, 1.82) is 5.26 Å². The molecule has 4 rings (SSSR count). The zero-order valence-electron chi connectivity index (χ0n) is 16.9. The lowest BCUT2D eigenvalue weighted by atomic mass is 9.91. The lowest BCUT2D eigenvalue weighted by molar-refractivity contribution is -0.0357. The summed E-state index contributed by atoms with van der Waals surface area (Å²) in [5, 5.41) is 20.3. The summed E-state index contributed by atoms with van der Waals surface area (Å²) in [6, 6.07) is 14.2. The average molecular weight is 411 g/mol. The number of aliphatic hydroxyl groups excluding tert-OH is 1. The molecule has 1 fully saturated rings. The van der Waals surface area contributed by atoms with Crippen LogP contribution in [0.4, 0.5) is 0 Å². The van der Waals surface area contributed by atoms with Gasteiger partial charge in [0.1, 0.15) is 18.0 Å². The molecule has 4 nitrogen and oxygen atoms in total. The Balaban J connectivity index is 1.36. The minimum Gasteiger partial charge on any atom is -0.490 e. The van der Waals surface area contributed by atoms with Crippen molar-refractivity contribution >= 4 is 11.6 Å². The number of fused-ring (bicyclic) bond motifs is 1. The van der Waals surface area contributed by atoms with E-state index in [2.05, 4.69) is 43.0 Å². The van der Waals surface area contributed by atoms with Gasteiger partial charge in [-0.2, -0.15) is 5.26 Å². The van der Waals surface area contributed by atoms with Crippen LogP contribution in [0.1, 0.15) is 73.9 Å². The fourth-order valence-electron chi connectivity index (χ4n) is 4.51. The van der Waals surface area contributed by atoms with Gasteiger partial charge in [-0.25, -0.2) is 0 Å². The molecule has 1 saturated carbocycles. The maximum absolute atomic E-state index is 10.9. The second-order valence-electron chi connectivity index (χ2n) is 8.46. The summed E-state index contributed by atoms with van der Waals surface area (Å²) in [6.07, 6.45) is 3.52. The maximum Gasteiger partial charge on any atom is 0.134 e. The number of aliphatic hydroxyl groups is 1. The van der Waals surface area contributed by atoms with Crippen molar-refractivity contribution in [3.63, 3.8) is 0 Å². The van der Waals surface area contributed by atoms with Gasteiger partial charge >= 0.3 is 0 Å². The summed E-state index contributed by atoms with van der Waals surface area (Å²) in [6.45, 7) is 5.22. The first kappa shape index (κ1) is 20.2. The third-order valence-electron chi connectivity index (χ3n) is 6.26. The molecule has 0 spiro atoms. The van der Waals surface area contributed by atoms with Crippen molar-refractivity contribution in [2.75, 3.05) is 0 Å². The van der Waals surface area contributed by atoms with Crippen LogP contribution in [0.5, 0.6) is 5.75 Å². The minimum atomic E-state index is -0.508. The number of ether oxygens (including phenoxy) is 1. The second kappa shape index (κ2) is 8.36. The molecule has 0 saturated heterocycles. The van der Waals surface area contributed by atoms with Gasteiger partial charge in [0.2, 0.25) is 0 Å². The van der Waals surface area contributed by atoms with Gasteiger partial charge in [-0.05, 0) is 60.4 Å². The van der Waals surface area contributed by atoms with Crippen LogP contribution in [0, 0.1) is 11.3 Å². The highest BCUT2D eigenvalue weighted by molar-refractivity contribution is 6.31. The lowest BCUT2D eigenvalue weighted by Gasteiger charge is -2.36. The second-order valence-corrected chi connectivity index (χ2v) is 8.87. The van der Waals surface area contributed by atoms with Gasteiger partial charge < -0.3 is 9.84 Å². The summed E-state index contributed by atoms with van der Waals surface area (Å²) in [5.74, 6) is 1.21. The van der Waals surface area contributed by atoms with Gasteiger partial charge in [0, 0.05) is 18.7 Å². The number of hydrogen-bond acceptors (Lipinski definition) is 4. The normalized spacial score (nSPS) is 24.3. The van der Waals surface area contributed by atoms with Crippen LogP contribution < -0.4 is 4.74 Å². The van der Waals surface area contributed by atoms with Crippen molar-refractivity contribution in [2.24, 2.45) is 0 Å². The first-order chi connectivity index (χ1) is 14.0. The zero-order chi connectivity index (χ0) is 20.5. The minimum absolute atomic E-state index is 0.143. The molecule has 2 aliphatic rings. The molecular formula is C24H27ClN2O2. The molecule has 1 aliphatic carbocycles. The molecule has 1 N–H and O–H groups in total. The predicted molar refractivity (Wildman–Crippen MR) is 114 cm³/mol. The molecule has 29 heavy (non-hydrogen) atoms. The van der Waals surface area contributed by atoms with E-state index in [0.29, 0.717) is 28.3 Å². The van der Waals surface area contributed by atoms with Gasteiger partial charge in [-0.3, -0.25) is 4.90 Å². The fourth-order valence-corrected chi connectivity index (χ4v) is 4.72. The van der Waals surface area contributed by atoms with Gasteiger partial charge in [0.15, 0.2) is 0 Å². The van der Waals surface area contributed by atoms with Gasteiger partial charge in [0.25, 0.3) is 0 Å². The first-order valence-electron chi connectivity index (χ1n) is 10.4. The number of benzene rings is 2. The summed E-state index contributed by atoms with van der Waals surface area (Å²) in [5.41, 5.74) is 4.11. The monoisotopic (exact) mass is 410 g/mol. The smallest absolute Gasteiger partial charge is 0.134 e. The quantitative estimate of drug-likeness (QED) is 0.719. The van der Waals surface area contributed by atoms with E-state index in [1.54, 1.807) is 12.1 Å². The average Bonchev–Trinajstić information content (AvgIpc) is 3.05. The Kier molecular flexibility index (Phi) is 5.83. The molecule has 0 radical (unpaired) electrons. The van der Waals surface area contributed by atoms with Gasteiger partial charge in [-0.15, -0.1) is 0 Å². The van der Waals surface area contributed by atoms with Crippen molar-refractivity contribution in [3.05, 3.63) is 63.7 Å². The Hall–Kier alpha value is -2.06. The van der Waals surface area contributed by atoms with E-state index in [9.17, 15) is 5.11 Å². The Morgan fingerprint density at radius 2 is 1.90 bits per heavy atom. The van der Waals surface area contributed by atoms with Crippen molar-refractivity contribution < 1.29 is 9.84 Å². The molecular weight excluding hydrogens is 384 g/mol. The Morgan fingerprint density at radius 3 is 2.55 bits per heavy atom. The number of hydrogen-bond donors (Lipinski definition) is 1. The molecule has 0 aromatic heterocycles. The van der Waals surface area contributed by atoms with Crippen molar-refractivity contribution in [2.45, 2.75) is 70.4 Å². The largest absolute Gasteiger partial charge is 0.490 e. The van der Waals surface area contributed by atoms with E-state index in [0.717, 1.165) is 37.8 Å². The maximum atomic E-state index is 10.9. The summed E-state index contributed by atoms with van der Waals surface area (Å²) in [4.78, 5) is 2.24. The Labute approximate surface area is 177 Å². The van der Waals surface area contributed by atoms with E-state index in [-0.39, 0.29) is 6.10 Å². The topological polar surface area (TPSA) is 56.5 Å². The predicted octanol–water partition coefficient (Wildman–Crippen LogP) is 5.53. The van der Waals surface area contributed by atoms with Crippen molar-refractivity contribution in [1.82, 2.24) is 4.90 Å². The third kappa shape index (κ3) is 4.14. The van der Waals surface area contributed by atoms with E-state index < -0.39 is 6.23 Å². The lowest BCUT2D eigenvalue weighted by Crippen LogP contribution is -2.39. The molecule has 0 amide bonds. The fraction of sp³-hybridized carbons (Fsp3) is 0.458.